The van der Waals surface area contributed by atoms with E-state index in [1.165, 1.54) is 0 Å². The lowest BCUT2D eigenvalue weighted by Gasteiger charge is -2.27. The fourth-order valence-electron chi connectivity index (χ4n) is 4.39. The van der Waals surface area contributed by atoms with E-state index in [0.717, 1.165) is 10.0 Å². The molecule has 144 valence electrons. The van der Waals surface area contributed by atoms with Gasteiger partial charge in [-0.3, -0.25) is 9.59 Å². The number of carbonyl (C=O) groups is 2. The number of hydrogen-bond donors (Lipinski definition) is 0. The molecular weight excluding hydrogens is 410 g/mol. The molecule has 0 aliphatic carbocycles. The summed E-state index contributed by atoms with van der Waals surface area (Å²) in [7, 11) is 0. The third-order valence-electron chi connectivity index (χ3n) is 5.78. The molecule has 1 spiro atoms. The number of amides is 1. The fourth-order valence-corrected chi connectivity index (χ4v) is 4.66. The third kappa shape index (κ3) is 3.03. The Morgan fingerprint density at radius 2 is 2.04 bits per heavy atom. The molecule has 0 radical (unpaired) electrons. The van der Waals surface area contributed by atoms with E-state index in [0.29, 0.717) is 13.2 Å². The van der Waals surface area contributed by atoms with Crippen molar-refractivity contribution in [1.29, 1.82) is 0 Å². The Bertz CT molecular complexity index is 790. The van der Waals surface area contributed by atoms with Crippen LogP contribution in [0.4, 0.5) is 0 Å². The summed E-state index contributed by atoms with van der Waals surface area (Å²) in [6.07, 6.45) is 3.53. The van der Waals surface area contributed by atoms with Gasteiger partial charge in [-0.25, -0.2) is 0 Å². The number of nitrogens with zero attached hydrogens (tertiary/aromatic N) is 1. The fraction of sp³-hybridized carbons (Fsp3) is 0.524. The van der Waals surface area contributed by atoms with Gasteiger partial charge < -0.3 is 14.4 Å². The van der Waals surface area contributed by atoms with Crippen LogP contribution in [0.15, 0.2) is 40.9 Å². The summed E-state index contributed by atoms with van der Waals surface area (Å²) < 4.78 is 12.6. The highest BCUT2D eigenvalue weighted by Gasteiger charge is 2.67. The molecule has 2 bridgehead atoms. The molecule has 0 N–H and O–H groups in total. The van der Waals surface area contributed by atoms with Gasteiger partial charge in [0.2, 0.25) is 5.91 Å². The summed E-state index contributed by atoms with van der Waals surface area (Å²) in [4.78, 5) is 27.8. The van der Waals surface area contributed by atoms with E-state index in [2.05, 4.69) is 15.9 Å². The molecule has 2 fully saturated rings. The molecule has 5 atom stereocenters. The quantitative estimate of drug-likeness (QED) is 0.526. The summed E-state index contributed by atoms with van der Waals surface area (Å²) in [6, 6.07) is 7.88. The Hall–Kier alpha value is -1.66. The molecule has 1 amide bonds. The number of carbonyl (C=O) groups excluding carboxylic acids is 2. The summed E-state index contributed by atoms with van der Waals surface area (Å²) in [5.74, 6) is -1.14. The Morgan fingerprint density at radius 3 is 2.70 bits per heavy atom. The van der Waals surface area contributed by atoms with Crippen molar-refractivity contribution >= 4 is 27.8 Å². The van der Waals surface area contributed by atoms with E-state index in [-0.39, 0.29) is 29.9 Å². The van der Waals surface area contributed by atoms with Gasteiger partial charge in [-0.2, -0.15) is 0 Å². The topological polar surface area (TPSA) is 55.8 Å². The number of hydrogen-bond acceptors (Lipinski definition) is 4. The highest BCUT2D eigenvalue weighted by Crippen LogP contribution is 2.53. The number of ether oxygens (including phenoxy) is 2. The first kappa shape index (κ1) is 18.7. The molecular formula is C21H24BrNO4. The smallest absolute Gasteiger partial charge is 0.312 e. The number of esters is 1. The van der Waals surface area contributed by atoms with Crippen molar-refractivity contribution < 1.29 is 19.1 Å². The minimum Gasteiger partial charge on any atom is -0.465 e. The van der Waals surface area contributed by atoms with Gasteiger partial charge in [-0.15, -0.1) is 0 Å². The van der Waals surface area contributed by atoms with Crippen molar-refractivity contribution in [1.82, 2.24) is 4.90 Å². The largest absolute Gasteiger partial charge is 0.465 e. The van der Waals surface area contributed by atoms with Crippen molar-refractivity contribution in [3.8, 4) is 0 Å². The first-order chi connectivity index (χ1) is 12.8. The van der Waals surface area contributed by atoms with Crippen molar-refractivity contribution in [2.45, 2.75) is 38.5 Å². The molecule has 4 rings (SSSR count). The van der Waals surface area contributed by atoms with Gasteiger partial charge in [-0.05, 0) is 30.5 Å². The molecule has 3 heterocycles. The molecule has 27 heavy (non-hydrogen) atoms. The van der Waals surface area contributed by atoms with Crippen LogP contribution in [-0.2, 0) is 19.1 Å². The number of likely N-dealkylation sites (tertiary alicyclic amines) is 1. The lowest BCUT2D eigenvalue weighted by molar-refractivity contribution is -0.155. The van der Waals surface area contributed by atoms with Gasteiger partial charge in [-0.1, -0.05) is 54.1 Å². The van der Waals surface area contributed by atoms with Crippen LogP contribution in [0.5, 0.6) is 0 Å². The third-order valence-corrected chi connectivity index (χ3v) is 6.31. The Balaban J connectivity index is 1.57. The van der Waals surface area contributed by atoms with Gasteiger partial charge in [0.05, 0.1) is 31.2 Å². The second-order valence-corrected chi connectivity index (χ2v) is 9.03. The van der Waals surface area contributed by atoms with Crippen LogP contribution in [-0.4, -0.2) is 41.6 Å². The molecule has 1 aromatic rings. The lowest BCUT2D eigenvalue weighted by Crippen LogP contribution is -2.40. The number of benzene rings is 1. The average Bonchev–Trinajstić information content (AvgIpc) is 3.28. The number of fused-ring (bicyclic) bond motifs is 1. The molecule has 1 aromatic carbocycles. The second kappa shape index (κ2) is 6.74. The Kier molecular flexibility index (Phi) is 4.67. The van der Waals surface area contributed by atoms with Crippen LogP contribution < -0.4 is 0 Å². The lowest BCUT2D eigenvalue weighted by atomic mass is 9.77. The van der Waals surface area contributed by atoms with Crippen LogP contribution in [0, 0.1) is 17.8 Å². The van der Waals surface area contributed by atoms with Crippen LogP contribution in [0.1, 0.15) is 32.4 Å². The van der Waals surface area contributed by atoms with E-state index in [9.17, 15) is 9.59 Å². The predicted octanol–water partition coefficient (Wildman–Crippen LogP) is 3.49. The summed E-state index contributed by atoms with van der Waals surface area (Å²) in [6.45, 7) is 6.83. The molecule has 3 aliphatic heterocycles. The Morgan fingerprint density at radius 1 is 1.33 bits per heavy atom. The van der Waals surface area contributed by atoms with Crippen LogP contribution in [0.3, 0.4) is 0 Å². The maximum absolute atomic E-state index is 13.3. The van der Waals surface area contributed by atoms with Crippen LogP contribution >= 0.6 is 15.9 Å². The standard InChI is InChI=1S/C21H24BrNO4/c1-12(2)10-26-20(25)17-16-8-9-21(27-16)11-23(19(24)18(17)21)13(3)14-4-6-15(22)7-5-14/h4-9,12-13,16-18H,10-11H2,1-3H3/t13-,16+,17+,18-,21-/m0/s1. The second-order valence-electron chi connectivity index (χ2n) is 8.12. The van der Waals surface area contributed by atoms with E-state index in [4.69, 9.17) is 9.47 Å². The normalized spacial score (nSPS) is 32.3. The van der Waals surface area contributed by atoms with Gasteiger partial charge in [0, 0.05) is 4.47 Å². The zero-order chi connectivity index (χ0) is 19.3. The van der Waals surface area contributed by atoms with Crippen molar-refractivity contribution in [3.63, 3.8) is 0 Å². The van der Waals surface area contributed by atoms with Gasteiger partial charge >= 0.3 is 5.97 Å². The Labute approximate surface area is 167 Å². The van der Waals surface area contributed by atoms with E-state index in [1.807, 2.05) is 62.1 Å². The molecule has 0 unspecified atom stereocenters. The van der Waals surface area contributed by atoms with E-state index < -0.39 is 17.4 Å². The van der Waals surface area contributed by atoms with Gasteiger partial charge in [0.25, 0.3) is 0 Å². The molecule has 0 saturated carbocycles. The number of rotatable bonds is 5. The molecule has 2 saturated heterocycles. The zero-order valence-corrected chi connectivity index (χ0v) is 17.3. The predicted molar refractivity (Wildman–Crippen MR) is 104 cm³/mol. The first-order valence-electron chi connectivity index (χ1n) is 9.42. The molecule has 0 aromatic heterocycles. The van der Waals surface area contributed by atoms with Crippen LogP contribution in [0.25, 0.3) is 0 Å². The minimum atomic E-state index is -0.701. The van der Waals surface area contributed by atoms with Crippen LogP contribution in [0.2, 0.25) is 0 Å². The highest BCUT2D eigenvalue weighted by molar-refractivity contribution is 9.10. The van der Waals surface area contributed by atoms with Crippen molar-refractivity contribution in [3.05, 3.63) is 46.5 Å². The highest BCUT2D eigenvalue weighted by atomic mass is 79.9. The average molecular weight is 434 g/mol. The number of halogens is 1. The summed E-state index contributed by atoms with van der Waals surface area (Å²) in [5.41, 5.74) is 0.354. The van der Waals surface area contributed by atoms with Crippen molar-refractivity contribution in [2.75, 3.05) is 13.2 Å². The zero-order valence-electron chi connectivity index (χ0n) is 15.7. The first-order valence-corrected chi connectivity index (χ1v) is 10.2. The van der Waals surface area contributed by atoms with Gasteiger partial charge in [0.1, 0.15) is 11.5 Å². The van der Waals surface area contributed by atoms with Gasteiger partial charge in [0.15, 0.2) is 0 Å². The summed E-state index contributed by atoms with van der Waals surface area (Å²) >= 11 is 3.44. The van der Waals surface area contributed by atoms with E-state index in [1.54, 1.807) is 0 Å². The maximum atomic E-state index is 13.3. The monoisotopic (exact) mass is 433 g/mol. The minimum absolute atomic E-state index is 0.0243. The maximum Gasteiger partial charge on any atom is 0.312 e. The molecule has 6 heteroatoms. The molecule has 5 nitrogen and oxygen atoms in total. The summed E-state index contributed by atoms with van der Waals surface area (Å²) in [5, 5.41) is 0. The van der Waals surface area contributed by atoms with Crippen molar-refractivity contribution in [2.24, 2.45) is 17.8 Å². The van der Waals surface area contributed by atoms with E-state index >= 15 is 0 Å². The molecule has 3 aliphatic rings. The SMILES string of the molecule is CC(C)COC(=O)[C@H]1[C@H]2C(=O)N([C@@H](C)c3ccc(Br)cc3)C[C@@]23C=C[C@H]1O3.